The van der Waals surface area contributed by atoms with E-state index in [0.717, 1.165) is 24.9 Å². The highest BCUT2D eigenvalue weighted by Crippen LogP contribution is 2.28. The lowest BCUT2D eigenvalue weighted by Gasteiger charge is -2.41. The van der Waals surface area contributed by atoms with Crippen molar-refractivity contribution >= 4 is 5.91 Å². The summed E-state index contributed by atoms with van der Waals surface area (Å²) in [5.74, 6) is 0.181. The quantitative estimate of drug-likeness (QED) is 0.835. The number of rotatable bonds is 5. The van der Waals surface area contributed by atoms with Crippen molar-refractivity contribution in [1.29, 1.82) is 0 Å². The molecule has 0 atom stereocenters. The number of carbonyl (C=O) groups excluding carboxylic acids is 1. The second-order valence-corrected chi connectivity index (χ2v) is 6.86. The first-order valence-electron chi connectivity index (χ1n) is 8.54. The second kappa shape index (κ2) is 7.37. The zero-order valence-corrected chi connectivity index (χ0v) is 15.1. The van der Waals surface area contributed by atoms with Gasteiger partial charge in [-0.25, -0.2) is 0 Å². The molecule has 1 fully saturated rings. The van der Waals surface area contributed by atoms with Crippen LogP contribution in [-0.2, 0) is 4.74 Å². The van der Waals surface area contributed by atoms with E-state index < -0.39 is 0 Å². The van der Waals surface area contributed by atoms with Crippen molar-refractivity contribution < 1.29 is 14.1 Å². The summed E-state index contributed by atoms with van der Waals surface area (Å²) < 4.78 is 11.1. The maximum absolute atomic E-state index is 12.7. The molecule has 1 aliphatic rings. The van der Waals surface area contributed by atoms with Crippen LogP contribution in [0, 0.1) is 0 Å². The largest absolute Gasteiger partial charge is 0.377 e. The van der Waals surface area contributed by atoms with Crippen molar-refractivity contribution in [2.75, 3.05) is 40.8 Å². The first-order chi connectivity index (χ1) is 12.0. The van der Waals surface area contributed by atoms with Gasteiger partial charge in [-0.2, -0.15) is 0 Å². The van der Waals surface area contributed by atoms with E-state index in [4.69, 9.17) is 9.26 Å². The lowest BCUT2D eigenvalue weighted by molar-refractivity contribution is -0.0657. The normalized spacial score (nSPS) is 17.0. The predicted octanol–water partition coefficient (Wildman–Crippen LogP) is 2.52. The number of likely N-dealkylation sites (N-methyl/N-ethyl adjacent to an activating group) is 1. The van der Waals surface area contributed by atoms with E-state index in [-0.39, 0.29) is 17.3 Å². The highest BCUT2D eigenvalue weighted by molar-refractivity contribution is 5.92. The smallest absolute Gasteiger partial charge is 0.292 e. The number of amides is 1. The Bertz CT molecular complexity index is 704. The highest BCUT2D eigenvalue weighted by atomic mass is 16.5. The molecule has 6 nitrogen and oxygen atoms in total. The minimum absolute atomic E-state index is 0.107. The fraction of sp³-hybridized carbons (Fsp3) is 0.474. The van der Waals surface area contributed by atoms with Crippen molar-refractivity contribution in [3.8, 4) is 11.3 Å². The van der Waals surface area contributed by atoms with Gasteiger partial charge in [0.15, 0.2) is 0 Å². The molecule has 1 saturated heterocycles. The monoisotopic (exact) mass is 343 g/mol. The third-order valence-electron chi connectivity index (χ3n) is 4.79. The molecule has 1 aliphatic heterocycles. The molecule has 2 aromatic rings. The zero-order valence-electron chi connectivity index (χ0n) is 15.1. The summed E-state index contributed by atoms with van der Waals surface area (Å²) in [4.78, 5) is 16.7. The van der Waals surface area contributed by atoms with Crippen LogP contribution in [0.1, 0.15) is 23.4 Å². The Balaban J connectivity index is 1.66. The van der Waals surface area contributed by atoms with Crippen molar-refractivity contribution in [1.82, 2.24) is 15.0 Å². The number of aromatic nitrogens is 1. The minimum Gasteiger partial charge on any atom is -0.377 e. The molecule has 0 spiro atoms. The average Bonchev–Trinajstić information content (AvgIpc) is 3.12. The summed E-state index contributed by atoms with van der Waals surface area (Å²) in [5.41, 5.74) is 1.44. The lowest BCUT2D eigenvalue weighted by atomic mass is 9.90. The van der Waals surface area contributed by atoms with E-state index in [0.29, 0.717) is 18.8 Å². The second-order valence-electron chi connectivity index (χ2n) is 6.86. The first-order valence-corrected chi connectivity index (χ1v) is 8.54. The van der Waals surface area contributed by atoms with E-state index in [9.17, 15) is 4.79 Å². The SMILES string of the molecule is COC1(CN(C)C)CCN(C(=O)c2cc(-c3ccccc3)no2)CC1. The third kappa shape index (κ3) is 3.91. The number of hydrogen-bond donors (Lipinski definition) is 0. The van der Waals surface area contributed by atoms with Crippen molar-refractivity contribution in [3.63, 3.8) is 0 Å². The fourth-order valence-corrected chi connectivity index (χ4v) is 3.40. The van der Waals surface area contributed by atoms with Gasteiger partial charge in [0.05, 0.1) is 5.60 Å². The molecule has 2 heterocycles. The van der Waals surface area contributed by atoms with Crippen LogP contribution in [-0.4, -0.2) is 67.3 Å². The molecule has 25 heavy (non-hydrogen) atoms. The summed E-state index contributed by atoms with van der Waals surface area (Å²) in [5, 5.41) is 4.03. The van der Waals surface area contributed by atoms with Crippen LogP contribution in [0.25, 0.3) is 11.3 Å². The van der Waals surface area contributed by atoms with Gasteiger partial charge in [-0.3, -0.25) is 4.79 Å². The Morgan fingerprint density at radius 2 is 1.96 bits per heavy atom. The summed E-state index contributed by atoms with van der Waals surface area (Å²) in [7, 11) is 5.83. The molecule has 0 unspecified atom stereocenters. The number of piperidine rings is 1. The molecular weight excluding hydrogens is 318 g/mol. The number of carbonyl (C=O) groups is 1. The molecule has 1 amide bonds. The summed E-state index contributed by atoms with van der Waals surface area (Å²) in [6.07, 6.45) is 1.63. The van der Waals surface area contributed by atoms with Gasteiger partial charge in [-0.1, -0.05) is 35.5 Å². The Morgan fingerprint density at radius 1 is 1.28 bits per heavy atom. The van der Waals surface area contributed by atoms with Crippen LogP contribution in [0.15, 0.2) is 40.9 Å². The molecule has 0 bridgehead atoms. The fourth-order valence-electron chi connectivity index (χ4n) is 3.40. The predicted molar refractivity (Wildman–Crippen MR) is 95.4 cm³/mol. The average molecular weight is 343 g/mol. The van der Waals surface area contributed by atoms with Crippen molar-refractivity contribution in [2.45, 2.75) is 18.4 Å². The van der Waals surface area contributed by atoms with Crippen LogP contribution in [0.4, 0.5) is 0 Å². The van der Waals surface area contributed by atoms with Gasteiger partial charge in [0.2, 0.25) is 5.76 Å². The number of methoxy groups -OCH3 is 1. The van der Waals surface area contributed by atoms with Crippen molar-refractivity contribution in [2.24, 2.45) is 0 Å². The van der Waals surface area contributed by atoms with Gasteiger partial charge in [-0.15, -0.1) is 0 Å². The molecular formula is C19H25N3O3. The topological polar surface area (TPSA) is 58.8 Å². The molecule has 134 valence electrons. The maximum Gasteiger partial charge on any atom is 0.292 e. The number of nitrogens with zero attached hydrogens (tertiary/aromatic N) is 3. The molecule has 0 radical (unpaired) electrons. The number of benzene rings is 1. The Kier molecular flexibility index (Phi) is 5.20. The zero-order chi connectivity index (χ0) is 17.9. The molecule has 3 rings (SSSR count). The van der Waals surface area contributed by atoms with Gasteiger partial charge in [0, 0.05) is 38.4 Å². The van der Waals surface area contributed by atoms with Crippen LogP contribution in [0.3, 0.4) is 0 Å². The molecule has 0 saturated carbocycles. The van der Waals surface area contributed by atoms with Crippen molar-refractivity contribution in [3.05, 3.63) is 42.2 Å². The van der Waals surface area contributed by atoms with Crippen LogP contribution in [0.5, 0.6) is 0 Å². The van der Waals surface area contributed by atoms with E-state index in [2.05, 4.69) is 10.1 Å². The number of ether oxygens (including phenoxy) is 1. The third-order valence-corrected chi connectivity index (χ3v) is 4.79. The highest BCUT2D eigenvalue weighted by Gasteiger charge is 2.37. The van der Waals surface area contributed by atoms with Crippen LogP contribution < -0.4 is 0 Å². The molecule has 6 heteroatoms. The van der Waals surface area contributed by atoms with Gasteiger partial charge < -0.3 is 19.1 Å². The van der Waals surface area contributed by atoms with E-state index in [1.807, 2.05) is 49.3 Å². The molecule has 0 aliphatic carbocycles. The number of hydrogen-bond acceptors (Lipinski definition) is 5. The van der Waals surface area contributed by atoms with E-state index >= 15 is 0 Å². The van der Waals surface area contributed by atoms with Gasteiger partial charge in [0.25, 0.3) is 5.91 Å². The maximum atomic E-state index is 12.7. The summed E-state index contributed by atoms with van der Waals surface area (Å²) >= 11 is 0. The number of likely N-dealkylation sites (tertiary alicyclic amines) is 1. The standard InChI is InChI=1S/C19H25N3O3/c1-21(2)14-19(24-3)9-11-22(12-10-19)18(23)17-13-16(20-25-17)15-7-5-4-6-8-15/h4-8,13H,9-12,14H2,1-3H3. The first kappa shape index (κ1) is 17.6. The van der Waals surface area contributed by atoms with Crippen LogP contribution in [0.2, 0.25) is 0 Å². The summed E-state index contributed by atoms with van der Waals surface area (Å²) in [6, 6.07) is 11.4. The Morgan fingerprint density at radius 3 is 2.56 bits per heavy atom. The van der Waals surface area contributed by atoms with Gasteiger partial charge in [-0.05, 0) is 26.9 Å². The minimum atomic E-state index is -0.184. The molecule has 1 aromatic carbocycles. The van der Waals surface area contributed by atoms with Crippen LogP contribution >= 0.6 is 0 Å². The Labute approximate surface area is 148 Å². The molecule has 0 N–H and O–H groups in total. The lowest BCUT2D eigenvalue weighted by Crippen LogP contribution is -2.52. The molecule has 1 aromatic heterocycles. The van der Waals surface area contributed by atoms with E-state index in [1.165, 1.54) is 0 Å². The summed E-state index contributed by atoms with van der Waals surface area (Å²) in [6.45, 7) is 2.16. The van der Waals surface area contributed by atoms with E-state index in [1.54, 1.807) is 13.2 Å². The van der Waals surface area contributed by atoms with Gasteiger partial charge >= 0.3 is 0 Å². The van der Waals surface area contributed by atoms with Gasteiger partial charge in [0.1, 0.15) is 5.69 Å². The Hall–Kier alpha value is -2.18.